The van der Waals surface area contributed by atoms with Crippen LogP contribution in [0.25, 0.3) is 0 Å². The second-order valence-corrected chi connectivity index (χ2v) is 9.18. The number of aryl methyl sites for hydroxylation is 1. The van der Waals surface area contributed by atoms with Crippen molar-refractivity contribution >= 4 is 23.1 Å². The van der Waals surface area contributed by atoms with Crippen LogP contribution in [0.3, 0.4) is 0 Å². The molecule has 1 aromatic heterocycles. The molecule has 2 aromatic carbocycles. The van der Waals surface area contributed by atoms with Gasteiger partial charge < -0.3 is 19.7 Å². The van der Waals surface area contributed by atoms with Crippen LogP contribution < -0.4 is 19.7 Å². The largest absolute Gasteiger partial charge is 0.493 e. The van der Waals surface area contributed by atoms with E-state index in [-0.39, 0.29) is 11.3 Å². The number of rotatable bonds is 5. The van der Waals surface area contributed by atoms with Crippen molar-refractivity contribution in [2.75, 3.05) is 30.0 Å². The molecule has 3 aromatic rings. The Hall–Kier alpha value is -3.54. The van der Waals surface area contributed by atoms with Gasteiger partial charge in [-0.1, -0.05) is 32.9 Å². The quantitative estimate of drug-likeness (QED) is 0.570. The minimum Gasteiger partial charge on any atom is -0.493 e. The molecule has 2 heterocycles. The van der Waals surface area contributed by atoms with E-state index in [0.29, 0.717) is 36.8 Å². The van der Waals surface area contributed by atoms with Gasteiger partial charge in [0.1, 0.15) is 18.2 Å². The zero-order valence-electron chi connectivity index (χ0n) is 19.0. The van der Waals surface area contributed by atoms with Crippen LogP contribution >= 0.6 is 0 Å². The fourth-order valence-electron chi connectivity index (χ4n) is 3.42. The first-order chi connectivity index (χ1) is 15.3. The second-order valence-electron chi connectivity index (χ2n) is 9.18. The number of ether oxygens (including phenoxy) is 2. The topological polar surface area (TPSA) is 63.7 Å². The van der Waals surface area contributed by atoms with Gasteiger partial charge in [-0.05, 0) is 60.4 Å². The highest BCUT2D eigenvalue weighted by Crippen LogP contribution is 2.38. The normalized spacial score (nSPS) is 13.2. The minimum absolute atomic E-state index is 0.0846. The molecule has 6 heteroatoms. The van der Waals surface area contributed by atoms with Crippen molar-refractivity contribution in [1.29, 1.82) is 0 Å². The standard InChI is InChI=1S/C26H29N3O3/c1-18-8-13-23(27-16-18)29-14-15-31-24-21(6-5-7-22(24)29)25(30)28-19-9-11-20(12-10-19)32-17-26(2,3)4/h5-13,16H,14-15,17H2,1-4H3,(H,28,30). The van der Waals surface area contributed by atoms with E-state index in [1.54, 1.807) is 6.07 Å². The summed E-state index contributed by atoms with van der Waals surface area (Å²) in [5, 5.41) is 2.96. The number of amides is 1. The summed E-state index contributed by atoms with van der Waals surface area (Å²) in [6, 6.07) is 17.0. The molecule has 0 radical (unpaired) electrons. The van der Waals surface area contributed by atoms with E-state index in [4.69, 9.17) is 9.47 Å². The number of carbonyl (C=O) groups is 1. The van der Waals surface area contributed by atoms with Gasteiger partial charge in [-0.25, -0.2) is 4.98 Å². The Bertz CT molecular complexity index is 1090. The molecule has 0 saturated heterocycles. The van der Waals surface area contributed by atoms with E-state index in [9.17, 15) is 4.79 Å². The van der Waals surface area contributed by atoms with Crippen molar-refractivity contribution in [1.82, 2.24) is 4.98 Å². The summed E-state index contributed by atoms with van der Waals surface area (Å²) in [6.07, 6.45) is 1.84. The van der Waals surface area contributed by atoms with Crippen LogP contribution in [0.2, 0.25) is 0 Å². The third kappa shape index (κ3) is 5.02. The van der Waals surface area contributed by atoms with Crippen LogP contribution in [0.4, 0.5) is 17.2 Å². The van der Waals surface area contributed by atoms with Gasteiger partial charge in [0, 0.05) is 11.9 Å². The number of benzene rings is 2. The maximum atomic E-state index is 13.1. The molecule has 0 unspecified atom stereocenters. The first-order valence-electron chi connectivity index (χ1n) is 10.8. The lowest BCUT2D eigenvalue weighted by Crippen LogP contribution is -2.30. The van der Waals surface area contributed by atoms with Gasteiger partial charge in [0.05, 0.1) is 24.4 Å². The number of hydrogen-bond acceptors (Lipinski definition) is 5. The highest BCUT2D eigenvalue weighted by molar-refractivity contribution is 6.07. The zero-order valence-corrected chi connectivity index (χ0v) is 19.0. The Morgan fingerprint density at radius 1 is 1.12 bits per heavy atom. The zero-order chi connectivity index (χ0) is 22.7. The Balaban J connectivity index is 1.51. The molecule has 0 bridgehead atoms. The molecule has 0 saturated carbocycles. The summed E-state index contributed by atoms with van der Waals surface area (Å²) in [5.41, 5.74) is 3.22. The first kappa shape index (κ1) is 21.7. The lowest BCUT2D eigenvalue weighted by atomic mass is 9.99. The van der Waals surface area contributed by atoms with Gasteiger partial charge in [-0.15, -0.1) is 0 Å². The van der Waals surface area contributed by atoms with Crippen LogP contribution in [-0.2, 0) is 0 Å². The number of nitrogens with zero attached hydrogens (tertiary/aromatic N) is 2. The molecule has 1 N–H and O–H groups in total. The highest BCUT2D eigenvalue weighted by Gasteiger charge is 2.25. The van der Waals surface area contributed by atoms with E-state index in [2.05, 4.69) is 36.0 Å². The fourth-order valence-corrected chi connectivity index (χ4v) is 3.42. The maximum Gasteiger partial charge on any atom is 0.259 e. The van der Waals surface area contributed by atoms with E-state index in [1.165, 1.54) is 0 Å². The highest BCUT2D eigenvalue weighted by atomic mass is 16.5. The number of para-hydroxylation sites is 1. The van der Waals surface area contributed by atoms with E-state index >= 15 is 0 Å². The molecule has 0 fully saturated rings. The van der Waals surface area contributed by atoms with Crippen molar-refractivity contribution in [3.63, 3.8) is 0 Å². The Kier molecular flexibility index (Phi) is 6.04. The van der Waals surface area contributed by atoms with E-state index in [1.807, 2.05) is 61.7 Å². The molecule has 0 aliphatic carbocycles. The number of hydrogen-bond donors (Lipinski definition) is 1. The van der Waals surface area contributed by atoms with Crippen LogP contribution in [0, 0.1) is 12.3 Å². The van der Waals surface area contributed by atoms with Crippen LogP contribution in [0.1, 0.15) is 36.7 Å². The number of aromatic nitrogens is 1. The van der Waals surface area contributed by atoms with E-state index < -0.39 is 0 Å². The van der Waals surface area contributed by atoms with Crippen molar-refractivity contribution < 1.29 is 14.3 Å². The molecule has 0 spiro atoms. The Morgan fingerprint density at radius 2 is 1.91 bits per heavy atom. The summed E-state index contributed by atoms with van der Waals surface area (Å²) >= 11 is 0. The number of fused-ring (bicyclic) bond motifs is 1. The lowest BCUT2D eigenvalue weighted by molar-refractivity contribution is 0.102. The number of nitrogens with one attached hydrogen (secondary N) is 1. The molecule has 0 atom stereocenters. The van der Waals surface area contributed by atoms with Crippen molar-refractivity contribution in [3.8, 4) is 11.5 Å². The number of carbonyl (C=O) groups excluding carboxylic acids is 1. The van der Waals surface area contributed by atoms with Gasteiger partial charge in [0.2, 0.25) is 0 Å². The summed E-state index contributed by atoms with van der Waals surface area (Å²) in [5.74, 6) is 1.97. The fraction of sp³-hybridized carbons (Fsp3) is 0.308. The van der Waals surface area contributed by atoms with Gasteiger partial charge in [0.15, 0.2) is 5.75 Å². The molecular weight excluding hydrogens is 402 g/mol. The average Bonchev–Trinajstić information content (AvgIpc) is 2.78. The minimum atomic E-state index is -0.219. The molecular formula is C26H29N3O3. The molecule has 1 aliphatic rings. The van der Waals surface area contributed by atoms with Gasteiger partial charge in [-0.3, -0.25) is 4.79 Å². The van der Waals surface area contributed by atoms with Crippen LogP contribution in [-0.4, -0.2) is 30.6 Å². The van der Waals surface area contributed by atoms with Crippen molar-refractivity contribution in [3.05, 3.63) is 71.9 Å². The third-order valence-electron chi connectivity index (χ3n) is 5.05. The summed E-state index contributed by atoms with van der Waals surface area (Å²) in [6.45, 7) is 10.2. The predicted octanol–water partition coefficient (Wildman–Crippen LogP) is 5.60. The molecule has 166 valence electrons. The van der Waals surface area contributed by atoms with E-state index in [0.717, 1.165) is 22.8 Å². The van der Waals surface area contributed by atoms with Gasteiger partial charge in [-0.2, -0.15) is 0 Å². The molecule has 1 amide bonds. The van der Waals surface area contributed by atoms with Crippen molar-refractivity contribution in [2.45, 2.75) is 27.7 Å². The predicted molar refractivity (Wildman–Crippen MR) is 127 cm³/mol. The van der Waals surface area contributed by atoms with Gasteiger partial charge >= 0.3 is 0 Å². The summed E-state index contributed by atoms with van der Waals surface area (Å²) in [4.78, 5) is 19.7. The van der Waals surface area contributed by atoms with Crippen LogP contribution in [0.15, 0.2) is 60.8 Å². The Labute approximate surface area is 189 Å². The summed E-state index contributed by atoms with van der Waals surface area (Å²) in [7, 11) is 0. The van der Waals surface area contributed by atoms with Crippen molar-refractivity contribution in [2.24, 2.45) is 5.41 Å². The van der Waals surface area contributed by atoms with Gasteiger partial charge in [0.25, 0.3) is 5.91 Å². The Morgan fingerprint density at radius 3 is 2.59 bits per heavy atom. The molecule has 4 rings (SSSR count). The molecule has 1 aliphatic heterocycles. The lowest BCUT2D eigenvalue weighted by Gasteiger charge is -2.31. The first-order valence-corrected chi connectivity index (χ1v) is 10.8. The maximum absolute atomic E-state index is 13.1. The number of pyridine rings is 1. The smallest absolute Gasteiger partial charge is 0.259 e. The second kappa shape index (κ2) is 8.91. The number of anilines is 3. The average molecular weight is 432 g/mol. The van der Waals surface area contributed by atoms with Crippen LogP contribution in [0.5, 0.6) is 11.5 Å². The summed E-state index contributed by atoms with van der Waals surface area (Å²) < 4.78 is 11.7. The molecule has 32 heavy (non-hydrogen) atoms. The molecule has 6 nitrogen and oxygen atoms in total. The third-order valence-corrected chi connectivity index (χ3v) is 5.05. The monoisotopic (exact) mass is 431 g/mol. The SMILES string of the molecule is Cc1ccc(N2CCOc3c(C(=O)Nc4ccc(OCC(C)(C)C)cc4)cccc32)nc1.